The molecule has 0 saturated heterocycles. The minimum atomic E-state index is -4.54. The third-order valence-corrected chi connectivity index (χ3v) is 6.89. The summed E-state index contributed by atoms with van der Waals surface area (Å²) in [6.45, 7) is 0. The van der Waals surface area contributed by atoms with Crippen molar-refractivity contribution in [3.8, 4) is 0 Å². The topological polar surface area (TPSA) is 107 Å². The van der Waals surface area contributed by atoms with Crippen LogP contribution in [0.1, 0.15) is 51.5 Å². The molecule has 0 bridgehead atoms. The zero-order chi connectivity index (χ0) is 30.3. The van der Waals surface area contributed by atoms with Crippen LogP contribution in [-0.4, -0.2) is 20.2 Å². The van der Waals surface area contributed by atoms with Crippen LogP contribution in [0.3, 0.4) is 0 Å². The van der Waals surface area contributed by atoms with Gasteiger partial charge in [0.25, 0.3) is 5.56 Å². The molecule has 4 aromatic rings. The molecule has 41 heavy (non-hydrogen) atoms. The average molecular weight is 579 g/mol. The first-order valence-corrected chi connectivity index (χ1v) is 12.2. The van der Waals surface area contributed by atoms with Gasteiger partial charge in [-0.1, -0.05) is 24.3 Å². The normalized spacial score (nSPS) is 15.1. The van der Waals surface area contributed by atoms with E-state index < -0.39 is 52.4 Å². The fraction of sp³-hybridized carbons (Fsp3) is 0.250. The van der Waals surface area contributed by atoms with Crippen molar-refractivity contribution < 1.29 is 36.2 Å². The lowest BCUT2D eigenvalue weighted by Crippen LogP contribution is -2.42. The Balaban J connectivity index is 0.000000234. The predicted octanol–water partition coefficient (Wildman–Crippen LogP) is 5.63. The molecule has 1 heterocycles. The van der Waals surface area contributed by atoms with Gasteiger partial charge in [-0.2, -0.15) is 26.3 Å². The Kier molecular flexibility index (Phi) is 7.74. The van der Waals surface area contributed by atoms with Gasteiger partial charge in [0.05, 0.1) is 33.6 Å². The molecule has 0 aliphatic heterocycles. The summed E-state index contributed by atoms with van der Waals surface area (Å²) in [5.74, 6) is -1.35. The van der Waals surface area contributed by atoms with Crippen molar-refractivity contribution >= 4 is 22.6 Å². The van der Waals surface area contributed by atoms with E-state index in [0.29, 0.717) is 18.6 Å². The van der Waals surface area contributed by atoms with Gasteiger partial charge in [0.15, 0.2) is 0 Å². The van der Waals surface area contributed by atoms with E-state index in [4.69, 9.17) is 10.8 Å². The van der Waals surface area contributed by atoms with Crippen LogP contribution in [0.5, 0.6) is 0 Å². The second kappa shape index (κ2) is 10.8. The number of benzene rings is 3. The van der Waals surface area contributed by atoms with Crippen molar-refractivity contribution in [2.45, 2.75) is 37.7 Å². The van der Waals surface area contributed by atoms with Crippen LogP contribution in [0.4, 0.5) is 32.0 Å². The van der Waals surface area contributed by atoms with Gasteiger partial charge in [-0.3, -0.25) is 13.9 Å². The predicted molar refractivity (Wildman–Crippen MR) is 139 cm³/mol. The molecule has 1 aliphatic carbocycles. The lowest BCUT2D eigenvalue weighted by molar-refractivity contribution is -0.138. The summed E-state index contributed by atoms with van der Waals surface area (Å²) in [4.78, 5) is 36.4. The number of carboxylic acids is 1. The molecule has 0 fully saturated rings. The number of hydrogen-bond donors (Lipinski definition) is 2. The van der Waals surface area contributed by atoms with Crippen LogP contribution in [0.2, 0.25) is 0 Å². The standard InChI is InChI=1S/C20H17F3N2O2.C8H6F3NO2/c1-24-17-11-13(20(21,22)23)9-10-15(17)18(26)25(19(24)27)16-8-4-6-12-5-2-3-7-14(12)16;9-8(10,11)4-1-2-5(7(13)14)6(12)3-4/h2-3,5,7,9-11,16H,4,6,8H2,1H3;1-3H,12H2,(H,13,14). The van der Waals surface area contributed by atoms with Crippen molar-refractivity contribution in [1.82, 2.24) is 9.13 Å². The molecule has 0 spiro atoms. The van der Waals surface area contributed by atoms with E-state index in [0.717, 1.165) is 52.8 Å². The first kappa shape index (κ1) is 29.4. The summed E-state index contributed by atoms with van der Waals surface area (Å²) >= 11 is 0. The van der Waals surface area contributed by atoms with Crippen LogP contribution in [-0.2, 0) is 25.8 Å². The Morgan fingerprint density at radius 2 is 1.54 bits per heavy atom. The molecule has 13 heteroatoms. The molecule has 1 aromatic heterocycles. The Hall–Kier alpha value is -4.55. The number of rotatable bonds is 2. The minimum absolute atomic E-state index is 0.0137. The lowest BCUT2D eigenvalue weighted by atomic mass is 9.87. The van der Waals surface area contributed by atoms with Gasteiger partial charge in [-0.25, -0.2) is 9.59 Å². The summed E-state index contributed by atoms with van der Waals surface area (Å²) in [5, 5.41) is 8.60. The lowest BCUT2D eigenvalue weighted by Gasteiger charge is -2.27. The van der Waals surface area contributed by atoms with Gasteiger partial charge in [0.1, 0.15) is 0 Å². The van der Waals surface area contributed by atoms with Crippen molar-refractivity contribution in [3.63, 3.8) is 0 Å². The van der Waals surface area contributed by atoms with E-state index >= 15 is 0 Å². The van der Waals surface area contributed by atoms with Crippen LogP contribution >= 0.6 is 0 Å². The van der Waals surface area contributed by atoms with Crippen LogP contribution < -0.4 is 17.0 Å². The molecule has 0 amide bonds. The average Bonchev–Trinajstić information content (AvgIpc) is 2.91. The number of carbonyl (C=O) groups is 1. The van der Waals surface area contributed by atoms with Gasteiger partial charge in [-0.15, -0.1) is 0 Å². The molecule has 3 aromatic carbocycles. The molecule has 0 radical (unpaired) electrons. The molecule has 0 saturated carbocycles. The van der Waals surface area contributed by atoms with Gasteiger partial charge >= 0.3 is 24.0 Å². The van der Waals surface area contributed by atoms with Crippen molar-refractivity contribution in [3.05, 3.63) is 109 Å². The third kappa shape index (κ3) is 5.83. The number of fused-ring (bicyclic) bond motifs is 2. The highest BCUT2D eigenvalue weighted by molar-refractivity contribution is 5.93. The second-order valence-electron chi connectivity index (χ2n) is 9.46. The number of nitrogens with two attached hydrogens (primary N) is 1. The molecule has 1 unspecified atom stereocenters. The number of aromatic carboxylic acids is 1. The first-order valence-electron chi connectivity index (χ1n) is 12.2. The van der Waals surface area contributed by atoms with Gasteiger partial charge in [-0.05, 0) is 66.8 Å². The molecule has 1 atom stereocenters. The monoisotopic (exact) mass is 579 g/mol. The molecular weight excluding hydrogens is 556 g/mol. The largest absolute Gasteiger partial charge is 0.478 e. The van der Waals surface area contributed by atoms with Crippen molar-refractivity contribution in [1.29, 1.82) is 0 Å². The highest BCUT2D eigenvalue weighted by atomic mass is 19.4. The van der Waals surface area contributed by atoms with E-state index in [-0.39, 0.29) is 16.5 Å². The zero-order valence-corrected chi connectivity index (χ0v) is 21.4. The maximum atomic E-state index is 13.0. The second-order valence-corrected chi connectivity index (χ2v) is 9.46. The summed E-state index contributed by atoms with van der Waals surface area (Å²) in [6, 6.07) is 12.3. The summed E-state index contributed by atoms with van der Waals surface area (Å²) in [6.07, 6.45) is -6.70. The van der Waals surface area contributed by atoms with Gasteiger partial charge in [0.2, 0.25) is 0 Å². The highest BCUT2D eigenvalue weighted by Crippen LogP contribution is 2.33. The van der Waals surface area contributed by atoms with E-state index in [1.807, 2.05) is 24.3 Å². The number of nitrogen functional groups attached to an aromatic ring is 1. The summed E-state index contributed by atoms with van der Waals surface area (Å²) < 4.78 is 77.6. The molecular formula is C28H23F6N3O4. The molecule has 1 aliphatic rings. The number of anilines is 1. The van der Waals surface area contributed by atoms with Crippen LogP contribution in [0, 0.1) is 0 Å². The van der Waals surface area contributed by atoms with Crippen molar-refractivity contribution in [2.24, 2.45) is 7.05 Å². The Morgan fingerprint density at radius 1 is 0.927 bits per heavy atom. The Morgan fingerprint density at radius 3 is 2.15 bits per heavy atom. The number of alkyl halides is 6. The highest BCUT2D eigenvalue weighted by Gasteiger charge is 2.32. The first-order chi connectivity index (χ1) is 19.1. The van der Waals surface area contributed by atoms with E-state index in [2.05, 4.69) is 0 Å². The smallest absolute Gasteiger partial charge is 0.416 e. The molecule has 5 rings (SSSR count). The SMILES string of the molecule is Cn1c(=O)n(C2CCCc3ccccc32)c(=O)c2ccc(C(F)(F)F)cc21.Nc1cc(C(F)(F)F)ccc1C(=O)O. The fourth-order valence-electron chi connectivity index (χ4n) is 4.85. The number of nitrogens with zero attached hydrogens (tertiary/aromatic N) is 2. The number of hydrogen-bond acceptors (Lipinski definition) is 4. The zero-order valence-electron chi connectivity index (χ0n) is 21.4. The Labute approximate surface area is 228 Å². The van der Waals surface area contributed by atoms with E-state index in [1.54, 1.807) is 0 Å². The van der Waals surface area contributed by atoms with Crippen molar-refractivity contribution in [2.75, 3.05) is 5.73 Å². The van der Waals surface area contributed by atoms with Crippen LogP contribution in [0.25, 0.3) is 10.9 Å². The van der Waals surface area contributed by atoms with Gasteiger partial charge < -0.3 is 10.8 Å². The van der Waals surface area contributed by atoms with Crippen LogP contribution in [0.15, 0.2) is 70.3 Å². The molecule has 3 N–H and O–H groups in total. The molecule has 216 valence electrons. The quantitative estimate of drug-likeness (QED) is 0.237. The van der Waals surface area contributed by atoms with Gasteiger partial charge in [0, 0.05) is 12.7 Å². The number of halogens is 6. The number of aryl methyl sites for hydroxylation is 2. The maximum absolute atomic E-state index is 13.0. The molecule has 7 nitrogen and oxygen atoms in total. The Bertz CT molecular complexity index is 1760. The summed E-state index contributed by atoms with van der Waals surface area (Å²) in [5.41, 5.74) is 3.41. The number of carboxylic acid groups (broad SMARTS) is 1. The third-order valence-electron chi connectivity index (χ3n) is 6.89. The minimum Gasteiger partial charge on any atom is -0.478 e. The fourth-order valence-corrected chi connectivity index (χ4v) is 4.85. The van der Waals surface area contributed by atoms with E-state index in [1.165, 1.54) is 11.6 Å². The van der Waals surface area contributed by atoms with E-state index in [9.17, 15) is 40.7 Å². The summed E-state index contributed by atoms with van der Waals surface area (Å²) in [7, 11) is 1.40. The maximum Gasteiger partial charge on any atom is 0.416 e. The number of aromatic nitrogens is 2.